The van der Waals surface area contributed by atoms with E-state index in [2.05, 4.69) is 19.2 Å². The van der Waals surface area contributed by atoms with Gasteiger partial charge in [0.25, 0.3) is 0 Å². The molecule has 2 N–H and O–H groups in total. The molecule has 0 aromatic heterocycles. The molecule has 19 heavy (non-hydrogen) atoms. The molecule has 108 valence electrons. The average Bonchev–Trinajstić information content (AvgIpc) is 2.39. The van der Waals surface area contributed by atoms with Crippen LogP contribution in [-0.2, 0) is 11.3 Å². The third-order valence-electron chi connectivity index (χ3n) is 3.15. The lowest BCUT2D eigenvalue weighted by Crippen LogP contribution is -2.37. The van der Waals surface area contributed by atoms with Gasteiger partial charge in [-0.1, -0.05) is 19.9 Å². The van der Waals surface area contributed by atoms with Crippen LogP contribution in [0.15, 0.2) is 18.2 Å². The molecular weight excluding hydrogens is 242 g/mol. The van der Waals surface area contributed by atoms with E-state index in [4.69, 9.17) is 9.47 Å². The normalized spacial score (nSPS) is 12.7. The van der Waals surface area contributed by atoms with Gasteiger partial charge < -0.3 is 19.9 Å². The highest BCUT2D eigenvalue weighted by Crippen LogP contribution is 2.23. The van der Waals surface area contributed by atoms with E-state index in [1.807, 2.05) is 19.1 Å². The minimum Gasteiger partial charge on any atom is -0.507 e. The van der Waals surface area contributed by atoms with Crippen LogP contribution in [0.3, 0.4) is 0 Å². The zero-order chi connectivity index (χ0) is 14.3. The number of nitrogens with one attached hydrogen (secondary N) is 1. The highest BCUT2D eigenvalue weighted by molar-refractivity contribution is 5.39. The molecule has 1 atom stereocenters. The standard InChI is InChI=1S/C15H25NO3/c1-5-19-10-14(11(2)3)16-9-12-6-7-13(18-4)8-15(12)17/h6-8,11,14,16-17H,5,9-10H2,1-4H3. The van der Waals surface area contributed by atoms with Crippen LogP contribution in [0.2, 0.25) is 0 Å². The van der Waals surface area contributed by atoms with E-state index in [0.717, 1.165) is 12.2 Å². The van der Waals surface area contributed by atoms with Crippen LogP contribution < -0.4 is 10.1 Å². The highest BCUT2D eigenvalue weighted by atomic mass is 16.5. The first-order valence-corrected chi connectivity index (χ1v) is 6.75. The van der Waals surface area contributed by atoms with Gasteiger partial charge in [0.2, 0.25) is 0 Å². The van der Waals surface area contributed by atoms with E-state index in [0.29, 0.717) is 24.8 Å². The summed E-state index contributed by atoms with van der Waals surface area (Å²) >= 11 is 0. The molecule has 0 fully saturated rings. The van der Waals surface area contributed by atoms with Gasteiger partial charge in [-0.15, -0.1) is 0 Å². The third kappa shape index (κ3) is 5.09. The molecular formula is C15H25NO3. The predicted octanol–water partition coefficient (Wildman–Crippen LogP) is 2.55. The van der Waals surface area contributed by atoms with Crippen molar-refractivity contribution in [2.45, 2.75) is 33.4 Å². The van der Waals surface area contributed by atoms with E-state index < -0.39 is 0 Å². The molecule has 0 aliphatic heterocycles. The fourth-order valence-corrected chi connectivity index (χ4v) is 1.79. The lowest BCUT2D eigenvalue weighted by atomic mass is 10.0. The summed E-state index contributed by atoms with van der Waals surface area (Å²) < 4.78 is 10.5. The van der Waals surface area contributed by atoms with Gasteiger partial charge in [-0.3, -0.25) is 0 Å². The molecule has 0 bridgehead atoms. The molecule has 4 heteroatoms. The van der Waals surface area contributed by atoms with Gasteiger partial charge in [-0.05, 0) is 18.9 Å². The second-order valence-electron chi connectivity index (χ2n) is 4.89. The van der Waals surface area contributed by atoms with Gasteiger partial charge in [-0.2, -0.15) is 0 Å². The predicted molar refractivity (Wildman–Crippen MR) is 76.6 cm³/mol. The molecule has 0 saturated heterocycles. The third-order valence-corrected chi connectivity index (χ3v) is 3.15. The maximum atomic E-state index is 9.90. The summed E-state index contributed by atoms with van der Waals surface area (Å²) in [6, 6.07) is 5.63. The molecule has 0 amide bonds. The first kappa shape index (κ1) is 15.8. The molecule has 1 aromatic carbocycles. The van der Waals surface area contributed by atoms with Crippen molar-refractivity contribution in [2.75, 3.05) is 20.3 Å². The van der Waals surface area contributed by atoms with Gasteiger partial charge in [0, 0.05) is 30.8 Å². The molecule has 0 heterocycles. The molecule has 0 aliphatic carbocycles. The van der Waals surface area contributed by atoms with Gasteiger partial charge in [0.1, 0.15) is 11.5 Å². The summed E-state index contributed by atoms with van der Waals surface area (Å²) in [5.41, 5.74) is 0.864. The van der Waals surface area contributed by atoms with Crippen LogP contribution in [0.1, 0.15) is 26.3 Å². The number of aromatic hydroxyl groups is 1. The monoisotopic (exact) mass is 267 g/mol. The zero-order valence-corrected chi connectivity index (χ0v) is 12.3. The summed E-state index contributed by atoms with van der Waals surface area (Å²) in [5, 5.41) is 13.3. The minimum absolute atomic E-state index is 0.255. The molecule has 4 nitrogen and oxygen atoms in total. The summed E-state index contributed by atoms with van der Waals surface area (Å²) in [6.45, 7) is 8.33. The quantitative estimate of drug-likeness (QED) is 0.760. The van der Waals surface area contributed by atoms with Crippen LogP contribution in [0.4, 0.5) is 0 Å². The Morgan fingerprint density at radius 3 is 2.58 bits per heavy atom. The first-order valence-electron chi connectivity index (χ1n) is 6.75. The van der Waals surface area contributed by atoms with Gasteiger partial charge in [-0.25, -0.2) is 0 Å². The Kier molecular flexibility index (Phi) is 6.67. The number of ether oxygens (including phenoxy) is 2. The Balaban J connectivity index is 2.58. The SMILES string of the molecule is CCOCC(NCc1ccc(OC)cc1O)C(C)C. The number of hydrogen-bond donors (Lipinski definition) is 2. The van der Waals surface area contributed by atoms with Crippen molar-refractivity contribution in [3.63, 3.8) is 0 Å². The molecule has 1 unspecified atom stereocenters. The molecule has 1 aromatic rings. The zero-order valence-electron chi connectivity index (χ0n) is 12.3. The van der Waals surface area contributed by atoms with E-state index >= 15 is 0 Å². The second kappa shape index (κ2) is 8.02. The Hall–Kier alpha value is -1.26. The fourth-order valence-electron chi connectivity index (χ4n) is 1.79. The number of methoxy groups -OCH3 is 1. The number of phenolic OH excluding ortho intramolecular Hbond substituents is 1. The van der Waals surface area contributed by atoms with Crippen molar-refractivity contribution in [1.29, 1.82) is 0 Å². The van der Waals surface area contributed by atoms with E-state index in [1.165, 1.54) is 0 Å². The Labute approximate surface area is 115 Å². The van der Waals surface area contributed by atoms with Gasteiger partial charge in [0.05, 0.1) is 13.7 Å². The van der Waals surface area contributed by atoms with Crippen molar-refractivity contribution in [2.24, 2.45) is 5.92 Å². The van der Waals surface area contributed by atoms with Crippen molar-refractivity contribution in [1.82, 2.24) is 5.32 Å². The molecule has 0 aliphatic rings. The maximum absolute atomic E-state index is 9.90. The Morgan fingerprint density at radius 1 is 1.32 bits per heavy atom. The summed E-state index contributed by atoms with van der Waals surface area (Å²) in [6.07, 6.45) is 0. The average molecular weight is 267 g/mol. The van der Waals surface area contributed by atoms with Crippen molar-refractivity contribution >= 4 is 0 Å². The largest absolute Gasteiger partial charge is 0.507 e. The van der Waals surface area contributed by atoms with Crippen LogP contribution in [0.25, 0.3) is 0 Å². The topological polar surface area (TPSA) is 50.7 Å². The first-order chi connectivity index (χ1) is 9.08. The van der Waals surface area contributed by atoms with Crippen LogP contribution in [0, 0.1) is 5.92 Å². The maximum Gasteiger partial charge on any atom is 0.123 e. The lowest BCUT2D eigenvalue weighted by Gasteiger charge is -2.22. The van der Waals surface area contributed by atoms with Gasteiger partial charge >= 0.3 is 0 Å². The Morgan fingerprint density at radius 2 is 2.05 bits per heavy atom. The highest BCUT2D eigenvalue weighted by Gasteiger charge is 2.13. The van der Waals surface area contributed by atoms with Crippen molar-refractivity contribution in [3.05, 3.63) is 23.8 Å². The van der Waals surface area contributed by atoms with Crippen LogP contribution in [0.5, 0.6) is 11.5 Å². The summed E-state index contributed by atoms with van der Waals surface area (Å²) in [5.74, 6) is 1.40. The number of rotatable bonds is 8. The fraction of sp³-hybridized carbons (Fsp3) is 0.600. The van der Waals surface area contributed by atoms with Crippen LogP contribution >= 0.6 is 0 Å². The lowest BCUT2D eigenvalue weighted by molar-refractivity contribution is 0.107. The van der Waals surface area contributed by atoms with E-state index in [9.17, 15) is 5.11 Å². The van der Waals surface area contributed by atoms with E-state index in [1.54, 1.807) is 13.2 Å². The number of hydrogen-bond acceptors (Lipinski definition) is 4. The van der Waals surface area contributed by atoms with E-state index in [-0.39, 0.29) is 11.8 Å². The van der Waals surface area contributed by atoms with Crippen molar-refractivity contribution in [3.8, 4) is 11.5 Å². The molecule has 0 saturated carbocycles. The molecule has 0 spiro atoms. The Bertz CT molecular complexity index is 380. The summed E-state index contributed by atoms with van der Waals surface area (Å²) in [4.78, 5) is 0. The number of phenols is 1. The molecule has 0 radical (unpaired) electrons. The molecule has 1 rings (SSSR count). The smallest absolute Gasteiger partial charge is 0.123 e. The van der Waals surface area contributed by atoms with Crippen molar-refractivity contribution < 1.29 is 14.6 Å². The van der Waals surface area contributed by atoms with Crippen LogP contribution in [-0.4, -0.2) is 31.5 Å². The second-order valence-corrected chi connectivity index (χ2v) is 4.89. The summed E-state index contributed by atoms with van der Waals surface area (Å²) in [7, 11) is 1.59. The minimum atomic E-state index is 0.255. The van der Waals surface area contributed by atoms with Gasteiger partial charge in [0.15, 0.2) is 0 Å². The number of benzene rings is 1.